The quantitative estimate of drug-likeness (QED) is 0.752. The molecule has 1 aromatic carbocycles. The largest absolute Gasteiger partial charge is 0.423 e. The Hall–Kier alpha value is -2.40. The Kier molecular flexibility index (Phi) is 4.12. The molecule has 0 radical (unpaired) electrons. The molecular weight excluding hydrogens is 264 g/mol. The third-order valence-electron chi connectivity index (χ3n) is 3.28. The van der Waals surface area contributed by atoms with Gasteiger partial charge in [0.1, 0.15) is 5.52 Å². The first-order valence-corrected chi connectivity index (χ1v) is 7.06. The highest BCUT2D eigenvalue weighted by Crippen LogP contribution is 2.23. The Labute approximate surface area is 123 Å². The molecule has 5 nitrogen and oxygen atoms in total. The summed E-state index contributed by atoms with van der Waals surface area (Å²) in [6, 6.07) is 12.4. The predicted molar refractivity (Wildman–Crippen MR) is 83.0 cm³/mol. The molecule has 0 atom stereocenters. The van der Waals surface area contributed by atoms with Crippen molar-refractivity contribution in [2.45, 2.75) is 13.0 Å². The van der Waals surface area contributed by atoms with Crippen LogP contribution in [0.4, 0.5) is 6.01 Å². The Morgan fingerprint density at radius 2 is 2.05 bits per heavy atom. The highest BCUT2D eigenvalue weighted by molar-refractivity contribution is 5.74. The summed E-state index contributed by atoms with van der Waals surface area (Å²) in [6.45, 7) is 2.16. The normalized spacial score (nSPS) is 10.9. The summed E-state index contributed by atoms with van der Waals surface area (Å²) >= 11 is 0. The number of pyridine rings is 1. The van der Waals surface area contributed by atoms with Crippen LogP contribution < -0.4 is 10.6 Å². The minimum absolute atomic E-state index is 0.633. The number of rotatable bonds is 6. The van der Waals surface area contributed by atoms with Gasteiger partial charge in [0.2, 0.25) is 0 Å². The molecule has 2 N–H and O–H groups in total. The number of nitrogens with zero attached hydrogens (tertiary/aromatic N) is 3. The Balaban J connectivity index is 1.87. The summed E-state index contributed by atoms with van der Waals surface area (Å²) in [6.07, 6.45) is 4.52. The minimum atomic E-state index is 0.633. The van der Waals surface area contributed by atoms with E-state index >= 15 is 0 Å². The van der Waals surface area contributed by atoms with Crippen LogP contribution in [0.3, 0.4) is 0 Å². The van der Waals surface area contributed by atoms with Gasteiger partial charge in [-0.2, -0.15) is 4.98 Å². The van der Waals surface area contributed by atoms with E-state index in [-0.39, 0.29) is 0 Å². The van der Waals surface area contributed by atoms with Gasteiger partial charge in [0, 0.05) is 25.5 Å². The van der Waals surface area contributed by atoms with Crippen molar-refractivity contribution in [2.75, 3.05) is 18.0 Å². The first kappa shape index (κ1) is 13.6. The molecule has 0 saturated heterocycles. The van der Waals surface area contributed by atoms with Crippen LogP contribution in [0, 0.1) is 0 Å². The van der Waals surface area contributed by atoms with Crippen LogP contribution in [0.15, 0.2) is 53.2 Å². The van der Waals surface area contributed by atoms with Crippen molar-refractivity contribution in [1.82, 2.24) is 9.97 Å². The van der Waals surface area contributed by atoms with Crippen LogP contribution in [-0.2, 0) is 6.54 Å². The number of oxazole rings is 1. The number of para-hydroxylation sites is 2. The molecule has 0 aliphatic heterocycles. The minimum Gasteiger partial charge on any atom is -0.423 e. The topological polar surface area (TPSA) is 68.2 Å². The van der Waals surface area contributed by atoms with Gasteiger partial charge in [0.15, 0.2) is 5.58 Å². The second-order valence-electron chi connectivity index (χ2n) is 4.89. The lowest BCUT2D eigenvalue weighted by Crippen LogP contribution is -2.26. The van der Waals surface area contributed by atoms with Crippen LogP contribution in [0.5, 0.6) is 0 Å². The molecule has 2 heterocycles. The summed E-state index contributed by atoms with van der Waals surface area (Å²) in [7, 11) is 0. The molecule has 0 bridgehead atoms. The van der Waals surface area contributed by atoms with E-state index in [9.17, 15) is 0 Å². The van der Waals surface area contributed by atoms with E-state index in [0.717, 1.165) is 29.6 Å². The molecule has 3 aromatic rings. The molecule has 0 spiro atoms. The first-order chi connectivity index (χ1) is 10.4. The molecule has 0 saturated carbocycles. The van der Waals surface area contributed by atoms with E-state index in [4.69, 9.17) is 10.2 Å². The zero-order valence-corrected chi connectivity index (χ0v) is 11.8. The molecule has 0 amide bonds. The summed E-state index contributed by atoms with van der Waals surface area (Å²) in [5, 5.41) is 0. The molecule has 0 aliphatic rings. The van der Waals surface area contributed by atoms with E-state index in [1.54, 1.807) is 6.20 Å². The number of hydrogen-bond acceptors (Lipinski definition) is 5. The van der Waals surface area contributed by atoms with Crippen LogP contribution in [0.1, 0.15) is 12.0 Å². The molecule has 5 heteroatoms. The van der Waals surface area contributed by atoms with Crippen LogP contribution in [-0.4, -0.2) is 23.1 Å². The Morgan fingerprint density at radius 1 is 1.14 bits per heavy atom. The Bertz CT molecular complexity index is 663. The molecule has 2 aromatic heterocycles. The Morgan fingerprint density at radius 3 is 2.81 bits per heavy atom. The van der Waals surface area contributed by atoms with E-state index in [1.807, 2.05) is 42.6 Å². The van der Waals surface area contributed by atoms with E-state index < -0.39 is 0 Å². The van der Waals surface area contributed by atoms with Gasteiger partial charge in [0.25, 0.3) is 6.01 Å². The molecule has 108 valence electrons. The van der Waals surface area contributed by atoms with Crippen LogP contribution in [0.25, 0.3) is 11.1 Å². The first-order valence-electron chi connectivity index (χ1n) is 7.06. The lowest BCUT2D eigenvalue weighted by Gasteiger charge is -2.20. The summed E-state index contributed by atoms with van der Waals surface area (Å²) in [5.74, 6) is 0. The average molecular weight is 282 g/mol. The maximum absolute atomic E-state index is 5.85. The van der Waals surface area contributed by atoms with Crippen molar-refractivity contribution >= 4 is 17.1 Å². The van der Waals surface area contributed by atoms with Gasteiger partial charge in [-0.3, -0.25) is 4.98 Å². The molecule has 21 heavy (non-hydrogen) atoms. The van der Waals surface area contributed by atoms with Crippen LogP contribution in [0.2, 0.25) is 0 Å². The van der Waals surface area contributed by atoms with Crippen LogP contribution >= 0.6 is 0 Å². The lowest BCUT2D eigenvalue weighted by molar-refractivity contribution is 0.558. The second kappa shape index (κ2) is 6.37. The SMILES string of the molecule is NCCCN(Cc1cccnc1)c1nc2ccccc2o1. The predicted octanol–water partition coefficient (Wildman–Crippen LogP) is 2.58. The van der Waals surface area contributed by atoms with Crippen molar-refractivity contribution in [3.63, 3.8) is 0 Å². The molecule has 0 aliphatic carbocycles. The van der Waals surface area contributed by atoms with Gasteiger partial charge < -0.3 is 15.1 Å². The van der Waals surface area contributed by atoms with E-state index in [2.05, 4.69) is 14.9 Å². The maximum atomic E-state index is 5.85. The fraction of sp³-hybridized carbons (Fsp3) is 0.250. The zero-order chi connectivity index (χ0) is 14.5. The average Bonchev–Trinajstić information content (AvgIpc) is 2.96. The fourth-order valence-electron chi connectivity index (χ4n) is 2.23. The van der Waals surface area contributed by atoms with Gasteiger partial charge >= 0.3 is 0 Å². The fourth-order valence-corrected chi connectivity index (χ4v) is 2.23. The number of nitrogens with two attached hydrogens (primary N) is 1. The van der Waals surface area contributed by atoms with E-state index in [0.29, 0.717) is 19.1 Å². The van der Waals surface area contributed by atoms with Gasteiger partial charge in [0.05, 0.1) is 0 Å². The number of fused-ring (bicyclic) bond motifs is 1. The van der Waals surface area contributed by atoms with Crippen molar-refractivity contribution < 1.29 is 4.42 Å². The lowest BCUT2D eigenvalue weighted by atomic mass is 10.2. The summed E-state index contributed by atoms with van der Waals surface area (Å²) < 4.78 is 5.85. The van der Waals surface area contributed by atoms with E-state index in [1.165, 1.54) is 0 Å². The summed E-state index contributed by atoms with van der Waals surface area (Å²) in [5.41, 5.74) is 8.43. The van der Waals surface area contributed by atoms with Gasteiger partial charge in [-0.05, 0) is 36.7 Å². The van der Waals surface area contributed by atoms with Crippen molar-refractivity contribution in [3.05, 3.63) is 54.4 Å². The molecule has 0 unspecified atom stereocenters. The number of hydrogen-bond donors (Lipinski definition) is 1. The second-order valence-corrected chi connectivity index (χ2v) is 4.89. The smallest absolute Gasteiger partial charge is 0.298 e. The number of anilines is 1. The van der Waals surface area contributed by atoms with Crippen molar-refractivity contribution in [2.24, 2.45) is 5.73 Å². The van der Waals surface area contributed by atoms with Gasteiger partial charge in [-0.1, -0.05) is 18.2 Å². The summed E-state index contributed by atoms with van der Waals surface area (Å²) in [4.78, 5) is 10.8. The molecule has 3 rings (SSSR count). The number of benzene rings is 1. The third kappa shape index (κ3) is 3.20. The highest BCUT2D eigenvalue weighted by atomic mass is 16.4. The van der Waals surface area contributed by atoms with Gasteiger partial charge in [-0.25, -0.2) is 0 Å². The molecule has 0 fully saturated rings. The zero-order valence-electron chi connectivity index (χ0n) is 11.8. The maximum Gasteiger partial charge on any atom is 0.298 e. The monoisotopic (exact) mass is 282 g/mol. The van der Waals surface area contributed by atoms with Crippen molar-refractivity contribution in [1.29, 1.82) is 0 Å². The molecular formula is C16H18N4O. The number of aromatic nitrogens is 2. The van der Waals surface area contributed by atoms with Crippen molar-refractivity contribution in [3.8, 4) is 0 Å². The third-order valence-corrected chi connectivity index (χ3v) is 3.28. The highest BCUT2D eigenvalue weighted by Gasteiger charge is 2.14. The van der Waals surface area contributed by atoms with Gasteiger partial charge in [-0.15, -0.1) is 0 Å². The standard InChI is InChI=1S/C16H18N4O/c17-8-4-10-20(12-13-5-3-9-18-11-13)16-19-14-6-1-2-7-15(14)21-16/h1-3,5-7,9,11H,4,8,10,12,17H2.